The molecule has 2 bridgehead atoms. The molecule has 1 N–H and O–H groups in total. The summed E-state index contributed by atoms with van der Waals surface area (Å²) in [6, 6.07) is 4.28. The molecular weight excluding hydrogens is 380 g/mol. The lowest BCUT2D eigenvalue weighted by Gasteiger charge is -2.27. The van der Waals surface area contributed by atoms with Gasteiger partial charge in [-0.15, -0.1) is 0 Å². The fraction of sp³-hybridized carbons (Fsp3) is 0.522. The van der Waals surface area contributed by atoms with Gasteiger partial charge in [-0.1, -0.05) is 0 Å². The Labute approximate surface area is 174 Å². The smallest absolute Gasteiger partial charge is 0.274 e. The molecule has 6 rings (SSSR count). The molecule has 30 heavy (non-hydrogen) atoms. The summed E-state index contributed by atoms with van der Waals surface area (Å²) in [5.74, 6) is 1.94. The highest BCUT2D eigenvalue weighted by molar-refractivity contribution is 5.99. The number of aryl methyl sites for hydroxylation is 1. The topological polar surface area (TPSA) is 79.7 Å². The summed E-state index contributed by atoms with van der Waals surface area (Å²) in [6.07, 6.45) is 6.97. The zero-order valence-electron chi connectivity index (χ0n) is 17.2. The number of nitrogens with zero attached hydrogens (tertiary/aromatic N) is 3. The first-order chi connectivity index (χ1) is 14.6. The van der Waals surface area contributed by atoms with Crippen molar-refractivity contribution in [2.45, 2.75) is 51.0 Å². The van der Waals surface area contributed by atoms with Crippen molar-refractivity contribution >= 4 is 22.5 Å². The Morgan fingerprint density at radius 1 is 1.17 bits per heavy atom. The van der Waals surface area contributed by atoms with E-state index in [-0.39, 0.29) is 17.4 Å². The molecule has 3 fully saturated rings. The van der Waals surface area contributed by atoms with E-state index in [4.69, 9.17) is 4.74 Å². The number of carbonyl (C=O) groups excluding carboxylic acids is 1. The van der Waals surface area contributed by atoms with Crippen molar-refractivity contribution < 1.29 is 9.53 Å². The number of piperidine rings is 1. The van der Waals surface area contributed by atoms with E-state index in [1.54, 1.807) is 6.20 Å². The van der Waals surface area contributed by atoms with Gasteiger partial charge in [-0.2, -0.15) is 0 Å². The van der Waals surface area contributed by atoms with Crippen molar-refractivity contribution in [1.82, 2.24) is 19.3 Å². The predicted molar refractivity (Wildman–Crippen MR) is 113 cm³/mol. The molecule has 2 aromatic heterocycles. The minimum atomic E-state index is -0.171. The normalized spacial score (nSPS) is 24.4. The molecule has 3 aromatic rings. The summed E-state index contributed by atoms with van der Waals surface area (Å²) < 4.78 is 7.49. The number of H-pyrrole nitrogens is 1. The molecule has 2 atom stereocenters. The number of carbonyl (C=O) groups is 1. The van der Waals surface area contributed by atoms with Gasteiger partial charge in [-0.3, -0.25) is 14.0 Å². The van der Waals surface area contributed by atoms with Gasteiger partial charge in [0.05, 0.1) is 17.2 Å². The Kier molecular flexibility index (Phi) is 4.03. The second-order valence-electron chi connectivity index (χ2n) is 9.15. The first-order valence-electron chi connectivity index (χ1n) is 11.0. The number of amides is 1. The highest BCUT2D eigenvalue weighted by Gasteiger charge is 2.40. The molecule has 4 heterocycles. The molecular formula is C23H26N4O3. The van der Waals surface area contributed by atoms with Gasteiger partial charge in [-0.25, -0.2) is 4.98 Å². The summed E-state index contributed by atoms with van der Waals surface area (Å²) in [6.45, 7) is 4.29. The van der Waals surface area contributed by atoms with Crippen LogP contribution in [0.3, 0.4) is 0 Å². The van der Waals surface area contributed by atoms with Gasteiger partial charge in [0.2, 0.25) is 0 Å². The van der Waals surface area contributed by atoms with E-state index in [1.807, 2.05) is 28.4 Å². The molecule has 1 amide bonds. The third kappa shape index (κ3) is 2.64. The van der Waals surface area contributed by atoms with Crippen LogP contribution in [-0.2, 0) is 4.74 Å². The fourth-order valence-electron chi connectivity index (χ4n) is 5.75. The molecule has 0 spiro atoms. The molecule has 1 aliphatic carbocycles. The van der Waals surface area contributed by atoms with E-state index in [9.17, 15) is 9.59 Å². The monoisotopic (exact) mass is 406 g/mol. The summed E-state index contributed by atoms with van der Waals surface area (Å²) in [5.41, 5.74) is 3.61. The predicted octanol–water partition coefficient (Wildman–Crippen LogP) is 3.00. The maximum Gasteiger partial charge on any atom is 0.274 e. The van der Waals surface area contributed by atoms with Gasteiger partial charge in [0.1, 0.15) is 11.3 Å². The average molecular weight is 406 g/mol. The highest BCUT2D eigenvalue weighted by atomic mass is 16.5. The number of benzene rings is 1. The highest BCUT2D eigenvalue weighted by Crippen LogP contribution is 2.38. The van der Waals surface area contributed by atoms with Crippen LogP contribution >= 0.6 is 0 Å². The van der Waals surface area contributed by atoms with E-state index in [0.717, 1.165) is 62.3 Å². The Morgan fingerprint density at radius 3 is 2.73 bits per heavy atom. The van der Waals surface area contributed by atoms with Crippen LogP contribution in [0.4, 0.5) is 0 Å². The second-order valence-corrected chi connectivity index (χ2v) is 9.15. The summed E-state index contributed by atoms with van der Waals surface area (Å²) in [5, 5.41) is 0. The number of hydrogen-bond donors (Lipinski definition) is 1. The van der Waals surface area contributed by atoms with Crippen LogP contribution in [0.15, 0.2) is 23.1 Å². The number of hydrogen-bond acceptors (Lipinski definition) is 4. The first-order valence-corrected chi connectivity index (χ1v) is 11.0. The van der Waals surface area contributed by atoms with Crippen molar-refractivity contribution in [3.63, 3.8) is 0 Å². The molecule has 2 saturated heterocycles. The van der Waals surface area contributed by atoms with E-state index in [2.05, 4.69) is 9.97 Å². The Balaban J connectivity index is 1.49. The van der Waals surface area contributed by atoms with Gasteiger partial charge < -0.3 is 14.6 Å². The molecule has 7 nitrogen and oxygen atoms in total. The SMILES string of the molecule is Cc1cc2c(cc1C(=O)N1C[C@@H]3CC[C@H]1C3)[nH]c(=O)c1cnc(C3CCOCC3)n12. The first kappa shape index (κ1) is 18.1. The third-order valence-electron chi connectivity index (χ3n) is 7.34. The maximum absolute atomic E-state index is 13.3. The Hall–Kier alpha value is -2.67. The average Bonchev–Trinajstić information content (AvgIpc) is 3.50. The lowest BCUT2D eigenvalue weighted by Crippen LogP contribution is -2.38. The number of nitrogens with one attached hydrogen (secondary N) is 1. The summed E-state index contributed by atoms with van der Waals surface area (Å²) in [4.78, 5) is 35.7. The third-order valence-corrected chi connectivity index (χ3v) is 7.34. The number of likely N-dealkylation sites (tertiary alicyclic amines) is 1. The van der Waals surface area contributed by atoms with Gasteiger partial charge in [-0.05, 0) is 62.6 Å². The molecule has 2 aliphatic heterocycles. The lowest BCUT2D eigenvalue weighted by atomic mass is 9.99. The number of fused-ring (bicyclic) bond motifs is 5. The van der Waals surface area contributed by atoms with Crippen molar-refractivity contribution in [1.29, 1.82) is 0 Å². The largest absolute Gasteiger partial charge is 0.381 e. The maximum atomic E-state index is 13.3. The van der Waals surface area contributed by atoms with Gasteiger partial charge in [0, 0.05) is 37.3 Å². The summed E-state index contributed by atoms with van der Waals surface area (Å²) in [7, 11) is 0. The number of aromatic amines is 1. The van der Waals surface area contributed by atoms with Gasteiger partial charge in [0.25, 0.3) is 11.5 Å². The van der Waals surface area contributed by atoms with Crippen molar-refractivity contribution in [2.24, 2.45) is 5.92 Å². The molecule has 3 aliphatic rings. The fourth-order valence-corrected chi connectivity index (χ4v) is 5.75. The molecule has 1 aromatic carbocycles. The van der Waals surface area contributed by atoms with E-state index < -0.39 is 0 Å². The quantitative estimate of drug-likeness (QED) is 0.710. The van der Waals surface area contributed by atoms with Crippen LogP contribution in [0.25, 0.3) is 16.6 Å². The van der Waals surface area contributed by atoms with Crippen LogP contribution in [0.5, 0.6) is 0 Å². The summed E-state index contributed by atoms with van der Waals surface area (Å²) >= 11 is 0. The van der Waals surface area contributed by atoms with Crippen LogP contribution < -0.4 is 5.56 Å². The van der Waals surface area contributed by atoms with Crippen molar-refractivity contribution in [2.75, 3.05) is 19.8 Å². The Morgan fingerprint density at radius 2 is 2.00 bits per heavy atom. The minimum Gasteiger partial charge on any atom is -0.381 e. The van der Waals surface area contributed by atoms with E-state index in [0.29, 0.717) is 28.6 Å². The number of imidazole rings is 1. The zero-order chi connectivity index (χ0) is 20.4. The zero-order valence-corrected chi connectivity index (χ0v) is 17.2. The van der Waals surface area contributed by atoms with E-state index in [1.165, 1.54) is 6.42 Å². The van der Waals surface area contributed by atoms with Crippen LogP contribution in [-0.4, -0.2) is 51.0 Å². The second kappa shape index (κ2) is 6.67. The lowest BCUT2D eigenvalue weighted by molar-refractivity contribution is 0.0703. The van der Waals surface area contributed by atoms with Crippen LogP contribution in [0.1, 0.15) is 59.8 Å². The van der Waals surface area contributed by atoms with Crippen molar-refractivity contribution in [3.05, 3.63) is 45.6 Å². The van der Waals surface area contributed by atoms with Crippen LogP contribution in [0, 0.1) is 12.8 Å². The molecule has 0 unspecified atom stereocenters. The molecule has 1 saturated carbocycles. The number of ether oxygens (including phenoxy) is 1. The minimum absolute atomic E-state index is 0.0952. The number of aromatic nitrogens is 3. The molecule has 0 radical (unpaired) electrons. The molecule has 7 heteroatoms. The van der Waals surface area contributed by atoms with E-state index >= 15 is 0 Å². The number of rotatable bonds is 2. The molecule has 156 valence electrons. The standard InChI is InChI=1S/C23H26N4O3/c1-13-8-19-18(10-17(13)23(29)26-12-14-2-3-16(26)9-14)25-22(28)20-11-24-21(27(19)20)15-4-6-30-7-5-15/h8,10-11,14-16H,2-7,9,12H2,1H3,(H,25,28)/t14-,16+/m1/s1. The van der Waals surface area contributed by atoms with Gasteiger partial charge >= 0.3 is 0 Å². The van der Waals surface area contributed by atoms with Crippen molar-refractivity contribution in [3.8, 4) is 0 Å². The van der Waals surface area contributed by atoms with Gasteiger partial charge in [0.15, 0.2) is 0 Å². The van der Waals surface area contributed by atoms with Crippen LogP contribution in [0.2, 0.25) is 0 Å². The Bertz CT molecular complexity index is 1220.